The van der Waals surface area contributed by atoms with Crippen LogP contribution >= 0.6 is 15.9 Å². The third kappa shape index (κ3) is 4.01. The lowest BCUT2D eigenvalue weighted by atomic mass is 9.51. The number of para-hydroxylation sites is 1. The number of fused-ring (bicyclic) bond motifs is 4. The molecule has 7 rings (SSSR count). The average Bonchev–Trinajstić information content (AvgIpc) is 3.39. The fourth-order valence-electron chi connectivity index (χ4n) is 8.04. The second kappa shape index (κ2) is 10.4. The van der Waals surface area contributed by atoms with Crippen LogP contribution in [-0.4, -0.2) is 35.3 Å². The number of anilines is 2. The molecule has 2 aliphatic heterocycles. The Morgan fingerprint density at radius 3 is 2.30 bits per heavy atom. The van der Waals surface area contributed by atoms with Crippen molar-refractivity contribution in [1.29, 1.82) is 0 Å². The Kier molecular flexibility index (Phi) is 6.77. The number of hydrogen-bond donors (Lipinski definition) is 1. The molecule has 4 aliphatic rings. The van der Waals surface area contributed by atoms with Crippen LogP contribution in [0.25, 0.3) is 0 Å². The van der Waals surface area contributed by atoms with Gasteiger partial charge in [-0.3, -0.25) is 24.1 Å². The van der Waals surface area contributed by atoms with Crippen LogP contribution in [-0.2, 0) is 19.2 Å². The number of amides is 4. The number of allylic oxidation sites excluding steroid dienone is 2. The number of carbonyl (C=O) groups excluding carboxylic acids is 4. The predicted molar refractivity (Wildman–Crippen MR) is 167 cm³/mol. The molecule has 0 aromatic heterocycles. The van der Waals surface area contributed by atoms with E-state index in [0.717, 1.165) is 10.0 Å². The number of carbonyl (C=O) groups is 4. The maximum absolute atomic E-state index is 14.5. The van der Waals surface area contributed by atoms with E-state index in [4.69, 9.17) is 4.74 Å². The second-order valence-electron chi connectivity index (χ2n) is 12.1. The molecule has 3 aromatic carbocycles. The molecule has 4 amide bonds. The summed E-state index contributed by atoms with van der Waals surface area (Å²) >= 11 is 3.42. The fraction of sp³-hybridized carbons (Fsp3) is 0.314. The van der Waals surface area contributed by atoms with E-state index in [0.29, 0.717) is 30.0 Å². The van der Waals surface area contributed by atoms with Crippen molar-refractivity contribution < 1.29 is 29.0 Å². The lowest BCUT2D eigenvalue weighted by Gasteiger charge is -2.49. The number of halogens is 1. The number of aromatic hydroxyl groups is 1. The number of hydrogen-bond acceptors (Lipinski definition) is 6. The second-order valence-corrected chi connectivity index (χ2v) is 13.1. The standard InChI is InChI=1S/C35H31BrN2O6/c1-3-44-28-17-19(9-16-27(28)39)30-23-14-15-24-29(33(42)37(31(24)40)22-12-10-20(36)11-13-22)25(23)18-26-32(41)38(34(43)35(26,30)2)21-7-5-4-6-8-21/h4-14,16-17,24-26,29-30,39H,3,15,18H2,1-2H3. The van der Waals surface area contributed by atoms with Gasteiger partial charge in [0.1, 0.15) is 0 Å². The van der Waals surface area contributed by atoms with E-state index >= 15 is 0 Å². The highest BCUT2D eigenvalue weighted by Crippen LogP contribution is 2.64. The molecule has 8 nitrogen and oxygen atoms in total. The van der Waals surface area contributed by atoms with Crippen molar-refractivity contribution in [2.45, 2.75) is 32.6 Å². The minimum absolute atomic E-state index is 0.0243. The zero-order valence-corrected chi connectivity index (χ0v) is 25.9. The summed E-state index contributed by atoms with van der Waals surface area (Å²) in [5.41, 5.74) is 1.44. The lowest BCUT2D eigenvalue weighted by Crippen LogP contribution is -2.48. The zero-order valence-electron chi connectivity index (χ0n) is 24.3. The van der Waals surface area contributed by atoms with Gasteiger partial charge in [-0.05, 0) is 86.7 Å². The quantitative estimate of drug-likeness (QED) is 0.268. The van der Waals surface area contributed by atoms with Crippen LogP contribution in [0, 0.1) is 29.1 Å². The van der Waals surface area contributed by atoms with Crippen LogP contribution < -0.4 is 14.5 Å². The molecule has 224 valence electrons. The monoisotopic (exact) mass is 654 g/mol. The zero-order chi connectivity index (χ0) is 30.9. The Morgan fingerprint density at radius 1 is 0.886 bits per heavy atom. The lowest BCUT2D eigenvalue weighted by molar-refractivity contribution is -0.131. The topological polar surface area (TPSA) is 104 Å². The predicted octanol–water partition coefficient (Wildman–Crippen LogP) is 5.99. The number of rotatable bonds is 5. The first kappa shape index (κ1) is 28.5. The van der Waals surface area contributed by atoms with Gasteiger partial charge < -0.3 is 9.84 Å². The van der Waals surface area contributed by atoms with Gasteiger partial charge in [-0.15, -0.1) is 0 Å². The van der Waals surface area contributed by atoms with Crippen LogP contribution in [0.2, 0.25) is 0 Å². The highest BCUT2D eigenvalue weighted by atomic mass is 79.9. The molecule has 0 spiro atoms. The van der Waals surface area contributed by atoms with Gasteiger partial charge in [0.05, 0.1) is 41.2 Å². The maximum Gasteiger partial charge on any atom is 0.241 e. The molecule has 3 fully saturated rings. The Morgan fingerprint density at radius 2 is 1.59 bits per heavy atom. The van der Waals surface area contributed by atoms with Gasteiger partial charge in [-0.1, -0.05) is 51.8 Å². The summed E-state index contributed by atoms with van der Waals surface area (Å²) in [5.74, 6) is -3.82. The minimum atomic E-state index is -1.17. The van der Waals surface area contributed by atoms with E-state index in [2.05, 4.69) is 15.9 Å². The highest BCUT2D eigenvalue weighted by Gasteiger charge is 2.67. The number of nitrogens with zero attached hydrogens (tertiary/aromatic N) is 2. The van der Waals surface area contributed by atoms with E-state index in [1.807, 2.05) is 26.0 Å². The number of phenolic OH excluding ortho intramolecular Hbond substituents is 1. The van der Waals surface area contributed by atoms with E-state index in [1.54, 1.807) is 66.7 Å². The molecule has 2 aliphatic carbocycles. The summed E-state index contributed by atoms with van der Waals surface area (Å²) in [4.78, 5) is 59.2. The van der Waals surface area contributed by atoms with Crippen LogP contribution in [0.1, 0.15) is 38.2 Å². The highest BCUT2D eigenvalue weighted by molar-refractivity contribution is 9.10. The maximum atomic E-state index is 14.5. The van der Waals surface area contributed by atoms with Gasteiger partial charge in [0.25, 0.3) is 0 Å². The van der Waals surface area contributed by atoms with E-state index < -0.39 is 35.0 Å². The SMILES string of the molecule is CCOc1cc(C2C3=CCC4C(=O)N(c5ccc(Br)cc5)C(=O)C4C3CC3C(=O)N(c4ccccc4)C(=O)C32C)ccc1O. The van der Waals surface area contributed by atoms with Crippen molar-refractivity contribution in [3.63, 3.8) is 0 Å². The molecule has 1 N–H and O–H groups in total. The Balaban J connectivity index is 1.37. The first-order valence-electron chi connectivity index (χ1n) is 14.9. The van der Waals surface area contributed by atoms with Crippen molar-refractivity contribution >= 4 is 50.9 Å². The van der Waals surface area contributed by atoms with E-state index in [1.165, 1.54) is 9.80 Å². The van der Waals surface area contributed by atoms with Crippen LogP contribution in [0.15, 0.2) is 88.9 Å². The van der Waals surface area contributed by atoms with E-state index in [-0.39, 0.29) is 41.5 Å². The van der Waals surface area contributed by atoms with Crippen LogP contribution in [0.4, 0.5) is 11.4 Å². The average molecular weight is 656 g/mol. The molecule has 2 heterocycles. The first-order valence-corrected chi connectivity index (χ1v) is 15.7. The normalized spacial score (nSPS) is 29.3. The molecular weight excluding hydrogens is 624 g/mol. The smallest absolute Gasteiger partial charge is 0.241 e. The number of ether oxygens (including phenoxy) is 1. The first-order chi connectivity index (χ1) is 21.2. The summed E-state index contributed by atoms with van der Waals surface area (Å²) in [6.45, 7) is 4.00. The van der Waals surface area contributed by atoms with Crippen molar-refractivity contribution in [3.05, 3.63) is 94.5 Å². The largest absolute Gasteiger partial charge is 0.504 e. The molecule has 9 heteroatoms. The molecule has 2 saturated heterocycles. The van der Waals surface area contributed by atoms with E-state index in [9.17, 15) is 24.3 Å². The third-order valence-electron chi connectivity index (χ3n) is 9.99. The Bertz CT molecular complexity index is 1740. The van der Waals surface area contributed by atoms with Gasteiger partial charge in [0.15, 0.2) is 11.5 Å². The number of benzene rings is 3. The molecule has 44 heavy (non-hydrogen) atoms. The fourth-order valence-corrected chi connectivity index (χ4v) is 8.31. The summed E-state index contributed by atoms with van der Waals surface area (Å²) < 4.78 is 6.56. The van der Waals surface area contributed by atoms with Gasteiger partial charge in [0.2, 0.25) is 23.6 Å². The van der Waals surface area contributed by atoms with Crippen molar-refractivity contribution in [1.82, 2.24) is 0 Å². The molecule has 6 atom stereocenters. The van der Waals surface area contributed by atoms with Gasteiger partial charge in [-0.25, -0.2) is 4.90 Å². The van der Waals surface area contributed by atoms with Gasteiger partial charge in [0, 0.05) is 10.4 Å². The molecular formula is C35H31BrN2O6. The van der Waals surface area contributed by atoms with Gasteiger partial charge in [-0.2, -0.15) is 0 Å². The molecule has 3 aromatic rings. The molecule has 0 bridgehead atoms. The summed E-state index contributed by atoms with van der Waals surface area (Å²) in [6.07, 6.45) is 2.65. The summed E-state index contributed by atoms with van der Waals surface area (Å²) in [6, 6.07) is 21.0. The molecule has 0 radical (unpaired) electrons. The van der Waals surface area contributed by atoms with Crippen molar-refractivity contribution in [2.75, 3.05) is 16.4 Å². The number of imide groups is 2. The van der Waals surface area contributed by atoms with Crippen molar-refractivity contribution in [2.24, 2.45) is 29.1 Å². The third-order valence-corrected chi connectivity index (χ3v) is 10.5. The Hall–Kier alpha value is -4.24. The summed E-state index contributed by atoms with van der Waals surface area (Å²) in [5, 5.41) is 10.5. The van der Waals surface area contributed by atoms with Crippen LogP contribution in [0.3, 0.4) is 0 Å². The van der Waals surface area contributed by atoms with Crippen LogP contribution in [0.5, 0.6) is 11.5 Å². The van der Waals surface area contributed by atoms with Crippen molar-refractivity contribution in [3.8, 4) is 11.5 Å². The van der Waals surface area contributed by atoms with Gasteiger partial charge >= 0.3 is 0 Å². The minimum Gasteiger partial charge on any atom is -0.504 e. The molecule has 6 unspecified atom stereocenters. The number of phenols is 1. The molecule has 1 saturated carbocycles. The summed E-state index contributed by atoms with van der Waals surface area (Å²) in [7, 11) is 0. The Labute approximate surface area is 263 Å².